The van der Waals surface area contributed by atoms with Gasteiger partial charge in [-0.05, 0) is 45.6 Å². The minimum atomic E-state index is 0.440. The highest BCUT2D eigenvalue weighted by atomic mass is 32.1. The molecule has 0 saturated heterocycles. The van der Waals surface area contributed by atoms with E-state index in [1.807, 2.05) is 5.51 Å². The summed E-state index contributed by atoms with van der Waals surface area (Å²) in [6.45, 7) is 6.65. The van der Waals surface area contributed by atoms with E-state index < -0.39 is 0 Å². The lowest BCUT2D eigenvalue weighted by atomic mass is 9.90. The van der Waals surface area contributed by atoms with Gasteiger partial charge in [-0.15, -0.1) is 11.3 Å². The van der Waals surface area contributed by atoms with Crippen molar-refractivity contribution in [3.05, 3.63) is 16.1 Å². The maximum absolute atomic E-state index is 6.00. The molecule has 2 N–H and O–H groups in total. The minimum absolute atomic E-state index is 0.440. The van der Waals surface area contributed by atoms with E-state index in [4.69, 9.17) is 5.73 Å². The van der Waals surface area contributed by atoms with Gasteiger partial charge >= 0.3 is 0 Å². The summed E-state index contributed by atoms with van der Waals surface area (Å²) in [7, 11) is 0. The summed E-state index contributed by atoms with van der Waals surface area (Å²) in [6.07, 6.45) is 6.12. The van der Waals surface area contributed by atoms with Crippen molar-refractivity contribution in [1.82, 2.24) is 9.88 Å². The average molecular weight is 267 g/mol. The zero-order valence-electron chi connectivity index (χ0n) is 11.6. The largest absolute Gasteiger partial charge is 0.328 e. The normalized spacial score (nSPS) is 24.7. The van der Waals surface area contributed by atoms with Crippen LogP contribution in [0.2, 0.25) is 0 Å². The molecule has 1 fully saturated rings. The predicted molar refractivity (Wildman–Crippen MR) is 77.8 cm³/mol. The maximum Gasteiger partial charge on any atom is 0.0798 e. The number of aromatic nitrogens is 1. The third kappa shape index (κ3) is 3.53. The molecule has 3 nitrogen and oxygen atoms in total. The zero-order chi connectivity index (χ0) is 13.0. The van der Waals surface area contributed by atoms with E-state index >= 15 is 0 Å². The standard InChI is InChI=1S/C14H25N3S/c1-3-8-17(9-14-11(2)16-10-18-14)13-6-4-12(15)5-7-13/h10,12-13H,3-9,15H2,1-2H3. The van der Waals surface area contributed by atoms with Crippen molar-refractivity contribution in [2.45, 2.75) is 64.6 Å². The molecular formula is C14H25N3S. The van der Waals surface area contributed by atoms with Crippen LogP contribution >= 0.6 is 11.3 Å². The number of nitrogens with zero attached hydrogens (tertiary/aromatic N) is 2. The summed E-state index contributed by atoms with van der Waals surface area (Å²) in [5.41, 5.74) is 9.17. The van der Waals surface area contributed by atoms with Gasteiger partial charge in [0, 0.05) is 23.5 Å². The Balaban J connectivity index is 1.97. The van der Waals surface area contributed by atoms with E-state index in [1.54, 1.807) is 11.3 Å². The summed E-state index contributed by atoms with van der Waals surface area (Å²) in [5.74, 6) is 0. The van der Waals surface area contributed by atoms with Crippen LogP contribution in [0.5, 0.6) is 0 Å². The Labute approximate surface area is 114 Å². The quantitative estimate of drug-likeness (QED) is 0.892. The lowest BCUT2D eigenvalue weighted by Gasteiger charge is -2.35. The Morgan fingerprint density at radius 1 is 1.39 bits per heavy atom. The van der Waals surface area contributed by atoms with Gasteiger partial charge in [-0.2, -0.15) is 0 Å². The Hall–Kier alpha value is -0.450. The van der Waals surface area contributed by atoms with Crippen LogP contribution in [0.1, 0.15) is 49.6 Å². The smallest absolute Gasteiger partial charge is 0.0798 e. The first-order valence-corrected chi connectivity index (χ1v) is 7.97. The SMILES string of the molecule is CCCN(Cc1scnc1C)C1CCC(N)CC1. The molecule has 4 heteroatoms. The number of hydrogen-bond donors (Lipinski definition) is 1. The molecule has 0 spiro atoms. The second-order valence-corrected chi connectivity index (χ2v) is 6.34. The number of nitrogens with two attached hydrogens (primary N) is 1. The van der Waals surface area contributed by atoms with Crippen LogP contribution in [0.4, 0.5) is 0 Å². The van der Waals surface area contributed by atoms with Gasteiger partial charge in [0.05, 0.1) is 11.2 Å². The van der Waals surface area contributed by atoms with Crippen molar-refractivity contribution in [1.29, 1.82) is 0 Å². The van der Waals surface area contributed by atoms with Crippen LogP contribution < -0.4 is 5.73 Å². The van der Waals surface area contributed by atoms with Gasteiger partial charge in [0.25, 0.3) is 0 Å². The number of thiazole rings is 1. The van der Waals surface area contributed by atoms with Crippen LogP contribution in [0.25, 0.3) is 0 Å². The number of rotatable bonds is 5. The van der Waals surface area contributed by atoms with Crippen molar-refractivity contribution >= 4 is 11.3 Å². The van der Waals surface area contributed by atoms with Gasteiger partial charge in [0.15, 0.2) is 0 Å². The Kier molecular flexibility index (Phi) is 5.15. The molecule has 1 aromatic heterocycles. The van der Waals surface area contributed by atoms with Gasteiger partial charge in [-0.1, -0.05) is 6.92 Å². The van der Waals surface area contributed by atoms with Gasteiger partial charge in [-0.3, -0.25) is 4.90 Å². The van der Waals surface area contributed by atoms with Crippen LogP contribution in [0.3, 0.4) is 0 Å². The van der Waals surface area contributed by atoms with Crippen molar-refractivity contribution in [2.75, 3.05) is 6.54 Å². The topological polar surface area (TPSA) is 42.2 Å². The highest BCUT2D eigenvalue weighted by molar-refractivity contribution is 7.09. The fraction of sp³-hybridized carbons (Fsp3) is 0.786. The first-order valence-electron chi connectivity index (χ1n) is 7.09. The molecule has 0 bridgehead atoms. The summed E-state index contributed by atoms with van der Waals surface area (Å²) >= 11 is 1.79. The molecule has 0 atom stereocenters. The summed E-state index contributed by atoms with van der Waals surface area (Å²) in [4.78, 5) is 8.43. The molecule has 102 valence electrons. The highest BCUT2D eigenvalue weighted by Crippen LogP contribution is 2.25. The molecule has 1 saturated carbocycles. The molecule has 18 heavy (non-hydrogen) atoms. The van der Waals surface area contributed by atoms with E-state index in [-0.39, 0.29) is 0 Å². The van der Waals surface area contributed by atoms with Gasteiger partial charge in [-0.25, -0.2) is 4.98 Å². The van der Waals surface area contributed by atoms with Gasteiger partial charge in [0.1, 0.15) is 0 Å². The molecule has 2 rings (SSSR count). The van der Waals surface area contributed by atoms with Crippen LogP contribution in [0.15, 0.2) is 5.51 Å². The molecule has 0 amide bonds. The maximum atomic E-state index is 6.00. The fourth-order valence-electron chi connectivity index (χ4n) is 2.81. The van der Waals surface area contributed by atoms with Crippen molar-refractivity contribution in [2.24, 2.45) is 5.73 Å². The fourth-order valence-corrected chi connectivity index (χ4v) is 3.61. The molecular weight excluding hydrogens is 242 g/mol. The average Bonchev–Trinajstić information content (AvgIpc) is 2.76. The molecule has 1 aliphatic carbocycles. The van der Waals surface area contributed by atoms with Crippen LogP contribution in [-0.2, 0) is 6.54 Å². The molecule has 0 aliphatic heterocycles. The van der Waals surface area contributed by atoms with E-state index in [2.05, 4.69) is 23.7 Å². The summed E-state index contributed by atoms with van der Waals surface area (Å²) < 4.78 is 0. The zero-order valence-corrected chi connectivity index (χ0v) is 12.4. The molecule has 1 heterocycles. The van der Waals surface area contributed by atoms with Gasteiger partial charge < -0.3 is 5.73 Å². The Bertz CT molecular complexity index is 356. The minimum Gasteiger partial charge on any atom is -0.328 e. The lowest BCUT2D eigenvalue weighted by Crippen LogP contribution is -2.40. The first-order chi connectivity index (χ1) is 8.70. The van der Waals surface area contributed by atoms with Gasteiger partial charge in [0.2, 0.25) is 0 Å². The highest BCUT2D eigenvalue weighted by Gasteiger charge is 2.24. The molecule has 0 unspecified atom stereocenters. The summed E-state index contributed by atoms with van der Waals surface area (Å²) in [6, 6.07) is 1.17. The Morgan fingerprint density at radius 3 is 2.67 bits per heavy atom. The molecule has 1 aliphatic rings. The molecule has 1 aromatic rings. The second-order valence-electron chi connectivity index (χ2n) is 5.40. The van der Waals surface area contributed by atoms with E-state index in [9.17, 15) is 0 Å². The third-order valence-electron chi connectivity index (χ3n) is 3.96. The molecule has 0 radical (unpaired) electrons. The van der Waals surface area contributed by atoms with E-state index in [1.165, 1.54) is 49.2 Å². The monoisotopic (exact) mass is 267 g/mol. The molecule has 0 aromatic carbocycles. The van der Waals surface area contributed by atoms with Crippen LogP contribution in [-0.4, -0.2) is 28.5 Å². The van der Waals surface area contributed by atoms with Crippen molar-refractivity contribution < 1.29 is 0 Å². The third-order valence-corrected chi connectivity index (χ3v) is 4.88. The second kappa shape index (κ2) is 6.64. The number of hydrogen-bond acceptors (Lipinski definition) is 4. The van der Waals surface area contributed by atoms with E-state index in [0.717, 1.165) is 12.6 Å². The van der Waals surface area contributed by atoms with Crippen molar-refractivity contribution in [3.63, 3.8) is 0 Å². The lowest BCUT2D eigenvalue weighted by molar-refractivity contribution is 0.143. The Morgan fingerprint density at radius 2 is 2.11 bits per heavy atom. The van der Waals surface area contributed by atoms with Crippen molar-refractivity contribution in [3.8, 4) is 0 Å². The number of aryl methyl sites for hydroxylation is 1. The first kappa shape index (κ1) is 14.0. The predicted octanol–water partition coefficient (Wildman–Crippen LogP) is 2.93. The van der Waals surface area contributed by atoms with Crippen LogP contribution in [0, 0.1) is 6.92 Å². The summed E-state index contributed by atoms with van der Waals surface area (Å²) in [5, 5.41) is 0. The van der Waals surface area contributed by atoms with E-state index in [0.29, 0.717) is 6.04 Å².